The molecule has 0 heterocycles. The van der Waals surface area contributed by atoms with Gasteiger partial charge in [-0.25, -0.2) is 8.42 Å². The van der Waals surface area contributed by atoms with Crippen LogP contribution in [0.2, 0.25) is 0 Å². The summed E-state index contributed by atoms with van der Waals surface area (Å²) in [5.74, 6) is -1.40. The van der Waals surface area contributed by atoms with E-state index < -0.39 is 46.4 Å². The second kappa shape index (κ2) is 5.66. The predicted molar refractivity (Wildman–Crippen MR) is 61.5 cm³/mol. The van der Waals surface area contributed by atoms with Gasteiger partial charge in [-0.05, 0) is 12.8 Å². The lowest BCUT2D eigenvalue weighted by molar-refractivity contribution is -0.157. The quantitative estimate of drug-likeness (QED) is 0.817. The Morgan fingerprint density at radius 3 is 2.37 bits per heavy atom. The number of nitrogens with zero attached hydrogens (tertiary/aromatic N) is 1. The fraction of sp³-hybridized carbons (Fsp3) is 0.900. The molecule has 1 aliphatic rings. The van der Waals surface area contributed by atoms with Crippen LogP contribution < -0.4 is 0 Å². The molecule has 9 heteroatoms. The summed E-state index contributed by atoms with van der Waals surface area (Å²) in [4.78, 5) is 11.4. The molecule has 0 spiro atoms. The van der Waals surface area contributed by atoms with Crippen molar-refractivity contribution in [2.45, 2.75) is 36.7 Å². The number of carboxylic acids is 1. The number of hydrogen-bond donors (Lipinski definition) is 1. The highest BCUT2D eigenvalue weighted by molar-refractivity contribution is 7.91. The number of sulfone groups is 1. The first-order chi connectivity index (χ1) is 8.50. The zero-order valence-corrected chi connectivity index (χ0v) is 11.2. The van der Waals surface area contributed by atoms with E-state index in [9.17, 15) is 26.4 Å². The van der Waals surface area contributed by atoms with Crippen molar-refractivity contribution < 1.29 is 31.5 Å². The summed E-state index contributed by atoms with van der Waals surface area (Å²) in [5, 5.41) is 7.75. The Bertz CT molecular complexity index is 435. The molecule has 1 N–H and O–H groups in total. The van der Waals surface area contributed by atoms with Crippen LogP contribution in [0, 0.1) is 0 Å². The van der Waals surface area contributed by atoms with Crippen LogP contribution in [-0.2, 0) is 14.6 Å². The number of carboxylic acid groups (broad SMARTS) is 1. The van der Waals surface area contributed by atoms with Crippen LogP contribution >= 0.6 is 0 Å². The van der Waals surface area contributed by atoms with E-state index in [-0.39, 0.29) is 12.8 Å². The molecule has 0 amide bonds. The molecule has 0 aromatic carbocycles. The molecule has 0 saturated heterocycles. The molecule has 1 rings (SSSR count). The maximum atomic E-state index is 12.4. The highest BCUT2D eigenvalue weighted by Gasteiger charge is 2.42. The van der Waals surface area contributed by atoms with Crippen LogP contribution in [0.25, 0.3) is 0 Å². The van der Waals surface area contributed by atoms with E-state index >= 15 is 0 Å². The second-order valence-corrected chi connectivity index (χ2v) is 7.04. The van der Waals surface area contributed by atoms with Gasteiger partial charge in [-0.2, -0.15) is 13.2 Å². The summed E-state index contributed by atoms with van der Waals surface area (Å²) in [6.07, 6.45) is -2.56. The molecule has 2 unspecified atom stereocenters. The van der Waals surface area contributed by atoms with Crippen molar-refractivity contribution in [3.05, 3.63) is 0 Å². The molecule has 0 aromatic rings. The van der Waals surface area contributed by atoms with Crippen LogP contribution in [0.1, 0.15) is 19.3 Å². The molecule has 1 saturated carbocycles. The molecule has 0 aliphatic heterocycles. The lowest BCUT2D eigenvalue weighted by Crippen LogP contribution is -2.49. The predicted octanol–water partition coefficient (Wildman–Crippen LogP) is 0.901. The average Bonchev–Trinajstić information content (AvgIpc) is 2.60. The zero-order valence-electron chi connectivity index (χ0n) is 10.4. The highest BCUT2D eigenvalue weighted by atomic mass is 32.2. The standard InChI is InChI=1S/C10H16F3NO4S/c1-19(17,18)8-4-2-3-7(8)14(5-9(15)16)6-10(11,12)13/h7-8H,2-6H2,1H3,(H,15,16). The van der Waals surface area contributed by atoms with Gasteiger partial charge in [-0.3, -0.25) is 9.69 Å². The molecule has 0 bridgehead atoms. The summed E-state index contributed by atoms with van der Waals surface area (Å²) < 4.78 is 60.4. The van der Waals surface area contributed by atoms with Crippen LogP contribution in [0.15, 0.2) is 0 Å². The average molecular weight is 303 g/mol. The van der Waals surface area contributed by atoms with E-state index in [0.29, 0.717) is 11.3 Å². The number of carbonyl (C=O) groups is 1. The molecule has 1 fully saturated rings. The third-order valence-electron chi connectivity index (χ3n) is 3.16. The minimum atomic E-state index is -4.56. The molecular formula is C10H16F3NO4S. The largest absolute Gasteiger partial charge is 0.480 e. The van der Waals surface area contributed by atoms with Gasteiger partial charge in [-0.1, -0.05) is 6.42 Å². The first-order valence-corrected chi connectivity index (χ1v) is 7.67. The summed E-state index contributed by atoms with van der Waals surface area (Å²) >= 11 is 0. The molecule has 19 heavy (non-hydrogen) atoms. The molecule has 0 radical (unpaired) electrons. The van der Waals surface area contributed by atoms with Crippen LogP contribution in [0.3, 0.4) is 0 Å². The second-order valence-electron chi connectivity index (χ2n) is 4.78. The topological polar surface area (TPSA) is 74.7 Å². The third-order valence-corrected chi connectivity index (χ3v) is 4.81. The van der Waals surface area contributed by atoms with E-state index in [1.165, 1.54) is 0 Å². The Balaban J connectivity index is 2.93. The number of hydrogen-bond acceptors (Lipinski definition) is 4. The van der Waals surface area contributed by atoms with Gasteiger partial charge in [0, 0.05) is 12.3 Å². The van der Waals surface area contributed by atoms with Crippen molar-refractivity contribution >= 4 is 15.8 Å². The molecule has 112 valence electrons. The Morgan fingerprint density at radius 1 is 1.37 bits per heavy atom. The Morgan fingerprint density at radius 2 is 1.95 bits per heavy atom. The van der Waals surface area contributed by atoms with Crippen LogP contribution in [-0.4, -0.2) is 61.2 Å². The van der Waals surface area contributed by atoms with Crippen LogP contribution in [0.5, 0.6) is 0 Å². The van der Waals surface area contributed by atoms with Gasteiger partial charge in [0.1, 0.15) is 0 Å². The Kier molecular flexibility index (Phi) is 4.83. The maximum absolute atomic E-state index is 12.4. The third kappa shape index (κ3) is 4.98. The number of rotatable bonds is 5. The monoisotopic (exact) mass is 303 g/mol. The summed E-state index contributed by atoms with van der Waals surface area (Å²) in [5.41, 5.74) is 0. The lowest BCUT2D eigenvalue weighted by atomic mass is 10.2. The van der Waals surface area contributed by atoms with Crippen molar-refractivity contribution in [1.82, 2.24) is 4.90 Å². The number of alkyl halides is 3. The van der Waals surface area contributed by atoms with Crippen LogP contribution in [0.4, 0.5) is 13.2 Å². The molecule has 0 aromatic heterocycles. The van der Waals surface area contributed by atoms with Gasteiger partial charge < -0.3 is 5.11 Å². The maximum Gasteiger partial charge on any atom is 0.401 e. The Labute approximate surface area is 109 Å². The molecule has 5 nitrogen and oxygen atoms in total. The summed E-state index contributed by atoms with van der Waals surface area (Å²) in [6, 6.07) is -0.882. The van der Waals surface area contributed by atoms with Crippen molar-refractivity contribution in [1.29, 1.82) is 0 Å². The number of halogens is 3. The molecular weight excluding hydrogens is 287 g/mol. The smallest absolute Gasteiger partial charge is 0.401 e. The fourth-order valence-electron chi connectivity index (χ4n) is 2.52. The van der Waals surface area contributed by atoms with Gasteiger partial charge in [0.15, 0.2) is 9.84 Å². The van der Waals surface area contributed by atoms with Gasteiger partial charge in [0.2, 0.25) is 0 Å². The van der Waals surface area contributed by atoms with E-state index in [2.05, 4.69) is 0 Å². The van der Waals surface area contributed by atoms with Crippen molar-refractivity contribution in [3.8, 4) is 0 Å². The first kappa shape index (κ1) is 16.2. The van der Waals surface area contributed by atoms with E-state index in [1.54, 1.807) is 0 Å². The first-order valence-electron chi connectivity index (χ1n) is 5.72. The van der Waals surface area contributed by atoms with Crippen molar-refractivity contribution in [3.63, 3.8) is 0 Å². The van der Waals surface area contributed by atoms with Gasteiger partial charge in [-0.15, -0.1) is 0 Å². The van der Waals surface area contributed by atoms with E-state index in [0.717, 1.165) is 6.26 Å². The minimum absolute atomic E-state index is 0.265. The van der Waals surface area contributed by atoms with E-state index in [1.807, 2.05) is 0 Å². The normalized spacial score (nSPS) is 24.9. The Hall–Kier alpha value is -0.830. The SMILES string of the molecule is CS(=O)(=O)C1CCCC1N(CC(=O)O)CC(F)(F)F. The summed E-state index contributed by atoms with van der Waals surface area (Å²) in [6.45, 7) is -2.22. The highest BCUT2D eigenvalue weighted by Crippen LogP contribution is 2.31. The fourth-order valence-corrected chi connectivity index (χ4v) is 3.99. The number of aliphatic carboxylic acids is 1. The van der Waals surface area contributed by atoms with Gasteiger partial charge in [0.05, 0.1) is 18.3 Å². The molecule has 1 aliphatic carbocycles. The lowest BCUT2D eigenvalue weighted by Gasteiger charge is -2.31. The summed E-state index contributed by atoms with van der Waals surface area (Å²) in [7, 11) is -3.49. The molecule has 2 atom stereocenters. The van der Waals surface area contributed by atoms with Gasteiger partial charge in [0.25, 0.3) is 0 Å². The van der Waals surface area contributed by atoms with E-state index in [4.69, 9.17) is 5.11 Å². The van der Waals surface area contributed by atoms with Crippen molar-refractivity contribution in [2.75, 3.05) is 19.3 Å². The van der Waals surface area contributed by atoms with Crippen molar-refractivity contribution in [2.24, 2.45) is 0 Å². The van der Waals surface area contributed by atoms with Gasteiger partial charge >= 0.3 is 12.1 Å². The zero-order chi connectivity index (χ0) is 14.8. The minimum Gasteiger partial charge on any atom is -0.480 e.